The minimum absolute atomic E-state index is 0.121. The molecule has 1 heterocycles. The molecule has 0 radical (unpaired) electrons. The number of nitrogens with one attached hydrogen (secondary N) is 2. The van der Waals surface area contributed by atoms with Crippen molar-refractivity contribution in [3.63, 3.8) is 0 Å². The second kappa shape index (κ2) is 7.29. The Balaban J connectivity index is 1.85. The fourth-order valence-corrected chi connectivity index (χ4v) is 2.47. The largest absolute Gasteiger partial charge is 0.381 e. The van der Waals surface area contributed by atoms with Gasteiger partial charge < -0.3 is 15.4 Å². The molecule has 1 saturated heterocycles. The average molecular weight is 276 g/mol. The molecule has 2 rings (SSSR count). The maximum Gasteiger partial charge on any atom is 0.319 e. The highest BCUT2D eigenvalue weighted by Crippen LogP contribution is 2.23. The number of ether oxygens (including phenoxy) is 1. The van der Waals surface area contributed by atoms with E-state index in [9.17, 15) is 4.79 Å². The number of para-hydroxylation sites is 1. The first kappa shape index (κ1) is 14.9. The van der Waals surface area contributed by atoms with Crippen LogP contribution in [0, 0.1) is 5.92 Å². The lowest BCUT2D eigenvalue weighted by molar-refractivity contribution is 0.0671. The summed E-state index contributed by atoms with van der Waals surface area (Å²) >= 11 is 0. The molecule has 0 bridgehead atoms. The second-order valence-electron chi connectivity index (χ2n) is 5.63. The van der Waals surface area contributed by atoms with E-state index in [4.69, 9.17) is 4.74 Å². The molecule has 0 spiro atoms. The van der Waals surface area contributed by atoms with Gasteiger partial charge >= 0.3 is 6.03 Å². The fraction of sp³-hybridized carbons (Fsp3) is 0.562. The van der Waals surface area contributed by atoms with Crippen molar-refractivity contribution in [2.45, 2.75) is 32.6 Å². The van der Waals surface area contributed by atoms with Gasteiger partial charge in [0, 0.05) is 25.4 Å². The topological polar surface area (TPSA) is 50.4 Å². The lowest BCUT2D eigenvalue weighted by Gasteiger charge is -2.22. The van der Waals surface area contributed by atoms with Crippen molar-refractivity contribution in [1.82, 2.24) is 5.32 Å². The molecule has 2 amide bonds. The average Bonchev–Trinajstić information content (AvgIpc) is 2.46. The SMILES string of the molecule is CC(C)c1ccccc1NC(=O)NCC1CCOCC1. The van der Waals surface area contributed by atoms with E-state index in [-0.39, 0.29) is 6.03 Å². The number of rotatable bonds is 4. The highest BCUT2D eigenvalue weighted by Gasteiger charge is 2.15. The number of amides is 2. The molecule has 110 valence electrons. The second-order valence-corrected chi connectivity index (χ2v) is 5.63. The number of carbonyl (C=O) groups excluding carboxylic acids is 1. The van der Waals surface area contributed by atoms with Crippen molar-refractivity contribution in [3.8, 4) is 0 Å². The van der Waals surface area contributed by atoms with Gasteiger partial charge in [-0.3, -0.25) is 0 Å². The van der Waals surface area contributed by atoms with E-state index >= 15 is 0 Å². The van der Waals surface area contributed by atoms with Crippen LogP contribution in [-0.4, -0.2) is 25.8 Å². The summed E-state index contributed by atoms with van der Waals surface area (Å²) in [5.41, 5.74) is 2.06. The summed E-state index contributed by atoms with van der Waals surface area (Å²) in [6.45, 7) is 6.59. The van der Waals surface area contributed by atoms with Crippen LogP contribution in [0.2, 0.25) is 0 Å². The normalized spacial score (nSPS) is 16.1. The Hall–Kier alpha value is -1.55. The monoisotopic (exact) mass is 276 g/mol. The maximum atomic E-state index is 12.0. The first-order chi connectivity index (χ1) is 9.66. The Morgan fingerprint density at radius 1 is 1.30 bits per heavy atom. The van der Waals surface area contributed by atoms with Gasteiger partial charge in [-0.1, -0.05) is 32.0 Å². The van der Waals surface area contributed by atoms with Gasteiger partial charge in [0.05, 0.1) is 0 Å². The van der Waals surface area contributed by atoms with E-state index in [1.165, 1.54) is 0 Å². The third kappa shape index (κ3) is 4.23. The lowest BCUT2D eigenvalue weighted by atomic mass is 10.0. The van der Waals surface area contributed by atoms with E-state index in [1.807, 2.05) is 18.2 Å². The zero-order chi connectivity index (χ0) is 14.4. The zero-order valence-electron chi connectivity index (χ0n) is 12.3. The van der Waals surface area contributed by atoms with Crippen molar-refractivity contribution >= 4 is 11.7 Å². The van der Waals surface area contributed by atoms with Crippen LogP contribution in [0.1, 0.15) is 38.2 Å². The summed E-state index contributed by atoms with van der Waals surface area (Å²) in [6, 6.07) is 7.83. The van der Waals surface area contributed by atoms with Crippen LogP contribution < -0.4 is 10.6 Å². The molecule has 1 aromatic carbocycles. The van der Waals surface area contributed by atoms with E-state index in [0.717, 1.165) is 43.9 Å². The van der Waals surface area contributed by atoms with Gasteiger partial charge in [-0.05, 0) is 36.3 Å². The van der Waals surface area contributed by atoms with E-state index in [1.54, 1.807) is 0 Å². The van der Waals surface area contributed by atoms with Crippen LogP contribution in [0.5, 0.6) is 0 Å². The highest BCUT2D eigenvalue weighted by molar-refractivity contribution is 5.90. The molecule has 20 heavy (non-hydrogen) atoms. The van der Waals surface area contributed by atoms with Crippen molar-refractivity contribution in [1.29, 1.82) is 0 Å². The number of urea groups is 1. The molecule has 0 atom stereocenters. The first-order valence-corrected chi connectivity index (χ1v) is 7.38. The van der Waals surface area contributed by atoms with Gasteiger partial charge in [-0.2, -0.15) is 0 Å². The smallest absolute Gasteiger partial charge is 0.319 e. The summed E-state index contributed by atoms with van der Waals surface area (Å²) in [4.78, 5) is 12.0. The number of benzene rings is 1. The van der Waals surface area contributed by atoms with Gasteiger partial charge in [0.2, 0.25) is 0 Å². The van der Waals surface area contributed by atoms with Crippen LogP contribution in [0.15, 0.2) is 24.3 Å². The van der Waals surface area contributed by atoms with Crippen molar-refractivity contribution in [2.24, 2.45) is 5.92 Å². The molecular weight excluding hydrogens is 252 g/mol. The predicted octanol–water partition coefficient (Wildman–Crippen LogP) is 3.36. The third-order valence-electron chi connectivity index (χ3n) is 3.72. The molecule has 1 aliphatic rings. The molecule has 0 unspecified atom stereocenters. The Labute approximate surface area is 120 Å². The molecule has 0 aromatic heterocycles. The van der Waals surface area contributed by atoms with Gasteiger partial charge in [0.15, 0.2) is 0 Å². The summed E-state index contributed by atoms with van der Waals surface area (Å²) in [7, 11) is 0. The molecule has 0 saturated carbocycles. The highest BCUT2D eigenvalue weighted by atomic mass is 16.5. The van der Waals surface area contributed by atoms with E-state index < -0.39 is 0 Å². The van der Waals surface area contributed by atoms with Crippen molar-refractivity contribution in [3.05, 3.63) is 29.8 Å². The van der Waals surface area contributed by atoms with Crippen molar-refractivity contribution in [2.75, 3.05) is 25.1 Å². The van der Waals surface area contributed by atoms with Crippen LogP contribution in [0.3, 0.4) is 0 Å². The number of anilines is 1. The Bertz CT molecular complexity index is 440. The summed E-state index contributed by atoms with van der Waals surface area (Å²) in [6.07, 6.45) is 2.06. The third-order valence-corrected chi connectivity index (χ3v) is 3.72. The number of carbonyl (C=O) groups is 1. The summed E-state index contributed by atoms with van der Waals surface area (Å²) < 4.78 is 5.32. The van der Waals surface area contributed by atoms with Gasteiger partial charge in [-0.25, -0.2) is 4.79 Å². The molecule has 4 heteroatoms. The minimum Gasteiger partial charge on any atom is -0.381 e. The predicted molar refractivity (Wildman–Crippen MR) is 81.1 cm³/mol. The molecule has 0 aliphatic carbocycles. The van der Waals surface area contributed by atoms with Crippen LogP contribution >= 0.6 is 0 Å². The first-order valence-electron chi connectivity index (χ1n) is 7.38. The van der Waals surface area contributed by atoms with E-state index in [2.05, 4.69) is 30.5 Å². The molecule has 1 aromatic rings. The van der Waals surface area contributed by atoms with Crippen LogP contribution in [0.25, 0.3) is 0 Å². The Morgan fingerprint density at radius 2 is 2.00 bits per heavy atom. The van der Waals surface area contributed by atoms with Gasteiger partial charge in [0.1, 0.15) is 0 Å². The fourth-order valence-electron chi connectivity index (χ4n) is 2.47. The standard InChI is InChI=1S/C16H24N2O2/c1-12(2)14-5-3-4-6-15(14)18-16(19)17-11-13-7-9-20-10-8-13/h3-6,12-13H,7-11H2,1-2H3,(H2,17,18,19). The van der Waals surface area contributed by atoms with Gasteiger partial charge in [0.25, 0.3) is 0 Å². The Morgan fingerprint density at radius 3 is 2.70 bits per heavy atom. The Kier molecular flexibility index (Phi) is 5.41. The lowest BCUT2D eigenvalue weighted by Crippen LogP contribution is -2.35. The van der Waals surface area contributed by atoms with E-state index in [0.29, 0.717) is 11.8 Å². The molecular formula is C16H24N2O2. The summed E-state index contributed by atoms with van der Waals surface area (Å²) in [5, 5.41) is 5.91. The quantitative estimate of drug-likeness (QED) is 0.886. The molecule has 1 fully saturated rings. The molecule has 4 nitrogen and oxygen atoms in total. The zero-order valence-corrected chi connectivity index (χ0v) is 12.3. The summed E-state index contributed by atoms with van der Waals surface area (Å²) in [5.74, 6) is 0.928. The van der Waals surface area contributed by atoms with Gasteiger partial charge in [-0.15, -0.1) is 0 Å². The number of hydrogen-bond donors (Lipinski definition) is 2. The molecule has 2 N–H and O–H groups in total. The van der Waals surface area contributed by atoms with Crippen LogP contribution in [-0.2, 0) is 4.74 Å². The molecule has 1 aliphatic heterocycles. The van der Waals surface area contributed by atoms with Crippen molar-refractivity contribution < 1.29 is 9.53 Å². The maximum absolute atomic E-state index is 12.0. The minimum atomic E-state index is -0.121. The number of hydrogen-bond acceptors (Lipinski definition) is 2. The van der Waals surface area contributed by atoms with Crippen LogP contribution in [0.4, 0.5) is 10.5 Å².